The van der Waals surface area contributed by atoms with Crippen LogP contribution in [0, 0.1) is 5.92 Å². The van der Waals surface area contributed by atoms with Gasteiger partial charge in [-0.15, -0.1) is 0 Å². The number of carbonyl (C=O) groups is 2. The summed E-state index contributed by atoms with van der Waals surface area (Å²) in [5, 5.41) is 0. The van der Waals surface area contributed by atoms with Gasteiger partial charge in [0.05, 0.1) is 0 Å². The van der Waals surface area contributed by atoms with Gasteiger partial charge in [0, 0.05) is 12.3 Å². The van der Waals surface area contributed by atoms with Gasteiger partial charge >= 0.3 is 0 Å². The van der Waals surface area contributed by atoms with Crippen molar-refractivity contribution in [1.29, 1.82) is 0 Å². The van der Waals surface area contributed by atoms with Crippen LogP contribution in [-0.2, 0) is 9.59 Å². The van der Waals surface area contributed by atoms with E-state index in [0.717, 1.165) is 12.6 Å². The number of hydrogen-bond donors (Lipinski definition) is 0. The van der Waals surface area contributed by atoms with E-state index in [-0.39, 0.29) is 5.92 Å². The minimum atomic E-state index is -0.0995. The maximum Gasteiger partial charge on any atom is 0.123 e. The molecule has 0 amide bonds. The molecule has 0 spiro atoms. The van der Waals surface area contributed by atoms with Crippen molar-refractivity contribution in [2.75, 3.05) is 0 Å². The molecule has 0 unspecified atom stereocenters. The maximum absolute atomic E-state index is 9.74. The standard InChI is InChI=1S/C5H8O2/c1-5(4-7)2-3-6/h3-5H,2H2,1H3/t5-/m1/s1. The third-order valence-corrected chi connectivity index (χ3v) is 0.700. The van der Waals surface area contributed by atoms with Crippen LogP contribution in [0.25, 0.3) is 0 Å². The molecule has 0 rings (SSSR count). The van der Waals surface area contributed by atoms with Crippen LogP contribution in [0.4, 0.5) is 0 Å². The summed E-state index contributed by atoms with van der Waals surface area (Å²) in [6.45, 7) is 1.71. The van der Waals surface area contributed by atoms with Crippen LogP contribution in [0.5, 0.6) is 0 Å². The highest BCUT2D eigenvalue weighted by Gasteiger charge is 1.93. The summed E-state index contributed by atoms with van der Waals surface area (Å²) in [6, 6.07) is 0. The lowest BCUT2D eigenvalue weighted by Crippen LogP contribution is -1.94. The lowest BCUT2D eigenvalue weighted by atomic mass is 10.1. The third kappa shape index (κ3) is 3.16. The fourth-order valence-corrected chi connectivity index (χ4v) is 0.207. The summed E-state index contributed by atoms with van der Waals surface area (Å²) in [5.74, 6) is -0.0995. The fraction of sp³-hybridized carbons (Fsp3) is 0.600. The SMILES string of the molecule is C[C@@H](C=O)CC=O. The molecular formula is C5H8O2. The van der Waals surface area contributed by atoms with E-state index in [0.29, 0.717) is 6.42 Å². The van der Waals surface area contributed by atoms with E-state index in [1.54, 1.807) is 6.92 Å². The molecular weight excluding hydrogens is 92.1 g/mol. The predicted octanol–water partition coefficient (Wildman–Crippen LogP) is 0.410. The zero-order valence-corrected chi connectivity index (χ0v) is 4.26. The Balaban J connectivity index is 3.15. The first-order chi connectivity index (χ1) is 3.31. The Morgan fingerprint density at radius 1 is 1.57 bits per heavy atom. The second kappa shape index (κ2) is 3.53. The molecule has 0 N–H and O–H groups in total. The molecule has 0 bridgehead atoms. The van der Waals surface area contributed by atoms with Crippen molar-refractivity contribution >= 4 is 12.6 Å². The van der Waals surface area contributed by atoms with Crippen LogP contribution in [0.1, 0.15) is 13.3 Å². The monoisotopic (exact) mass is 100 g/mol. The first kappa shape index (κ1) is 6.34. The van der Waals surface area contributed by atoms with E-state index in [2.05, 4.69) is 0 Å². The molecule has 7 heavy (non-hydrogen) atoms. The van der Waals surface area contributed by atoms with E-state index in [1.165, 1.54) is 0 Å². The number of carbonyl (C=O) groups excluding carboxylic acids is 2. The number of aldehydes is 2. The van der Waals surface area contributed by atoms with E-state index in [9.17, 15) is 9.59 Å². The Morgan fingerprint density at radius 2 is 2.14 bits per heavy atom. The number of hydrogen-bond acceptors (Lipinski definition) is 2. The van der Waals surface area contributed by atoms with Crippen LogP contribution < -0.4 is 0 Å². The summed E-state index contributed by atoms with van der Waals surface area (Å²) in [5.41, 5.74) is 0. The average molecular weight is 100 g/mol. The molecule has 0 saturated heterocycles. The molecule has 0 aliphatic carbocycles. The van der Waals surface area contributed by atoms with Crippen molar-refractivity contribution in [3.63, 3.8) is 0 Å². The predicted molar refractivity (Wildman–Crippen MR) is 25.9 cm³/mol. The fourth-order valence-electron chi connectivity index (χ4n) is 0.207. The average Bonchev–Trinajstić information content (AvgIpc) is 1.68. The molecule has 40 valence electrons. The van der Waals surface area contributed by atoms with Crippen LogP contribution in [0.15, 0.2) is 0 Å². The van der Waals surface area contributed by atoms with Gasteiger partial charge in [0.1, 0.15) is 12.6 Å². The van der Waals surface area contributed by atoms with Gasteiger partial charge < -0.3 is 9.59 Å². The Kier molecular flexibility index (Phi) is 3.19. The van der Waals surface area contributed by atoms with Gasteiger partial charge in [-0.1, -0.05) is 6.92 Å². The minimum absolute atomic E-state index is 0.0995. The van der Waals surface area contributed by atoms with Crippen molar-refractivity contribution in [1.82, 2.24) is 0 Å². The molecule has 0 fully saturated rings. The summed E-state index contributed by atoms with van der Waals surface area (Å²) < 4.78 is 0. The lowest BCUT2D eigenvalue weighted by Gasteiger charge is -1.88. The summed E-state index contributed by atoms with van der Waals surface area (Å²) in [6.07, 6.45) is 1.87. The van der Waals surface area contributed by atoms with Crippen LogP contribution in [0.2, 0.25) is 0 Å². The first-order valence-electron chi connectivity index (χ1n) is 2.20. The smallest absolute Gasteiger partial charge is 0.123 e. The van der Waals surface area contributed by atoms with Gasteiger partial charge in [-0.2, -0.15) is 0 Å². The van der Waals surface area contributed by atoms with Crippen LogP contribution in [-0.4, -0.2) is 12.6 Å². The Hall–Kier alpha value is -0.660. The largest absolute Gasteiger partial charge is 0.303 e. The van der Waals surface area contributed by atoms with Crippen molar-refractivity contribution in [3.05, 3.63) is 0 Å². The highest BCUT2D eigenvalue weighted by molar-refractivity contribution is 5.61. The molecule has 0 saturated carbocycles. The Bertz CT molecular complexity index is 68.5. The molecule has 0 aromatic rings. The van der Waals surface area contributed by atoms with Crippen LogP contribution in [0.3, 0.4) is 0 Å². The second-order valence-electron chi connectivity index (χ2n) is 1.52. The van der Waals surface area contributed by atoms with Gasteiger partial charge in [-0.05, 0) is 0 Å². The van der Waals surface area contributed by atoms with Crippen molar-refractivity contribution in [2.45, 2.75) is 13.3 Å². The molecule has 2 heteroatoms. The molecule has 0 heterocycles. The maximum atomic E-state index is 9.74. The molecule has 0 aromatic carbocycles. The van der Waals surface area contributed by atoms with Gasteiger partial charge in [0.25, 0.3) is 0 Å². The summed E-state index contributed by atoms with van der Waals surface area (Å²) >= 11 is 0. The topological polar surface area (TPSA) is 34.1 Å². The van der Waals surface area contributed by atoms with Crippen LogP contribution >= 0.6 is 0 Å². The Labute approximate surface area is 42.5 Å². The summed E-state index contributed by atoms with van der Waals surface area (Å²) in [7, 11) is 0. The number of rotatable bonds is 3. The molecule has 0 radical (unpaired) electrons. The Morgan fingerprint density at radius 3 is 2.29 bits per heavy atom. The highest BCUT2D eigenvalue weighted by Crippen LogP contribution is 1.90. The molecule has 2 nitrogen and oxygen atoms in total. The normalized spacial score (nSPS) is 12.7. The van der Waals surface area contributed by atoms with E-state index < -0.39 is 0 Å². The van der Waals surface area contributed by atoms with Gasteiger partial charge in [-0.3, -0.25) is 0 Å². The second-order valence-corrected chi connectivity index (χ2v) is 1.52. The van der Waals surface area contributed by atoms with Gasteiger partial charge in [0.2, 0.25) is 0 Å². The zero-order chi connectivity index (χ0) is 5.70. The van der Waals surface area contributed by atoms with E-state index in [1.807, 2.05) is 0 Å². The van der Waals surface area contributed by atoms with Gasteiger partial charge in [0.15, 0.2) is 0 Å². The van der Waals surface area contributed by atoms with Crippen molar-refractivity contribution in [2.24, 2.45) is 5.92 Å². The highest BCUT2D eigenvalue weighted by atomic mass is 16.1. The molecule has 0 aliphatic heterocycles. The van der Waals surface area contributed by atoms with E-state index >= 15 is 0 Å². The zero-order valence-electron chi connectivity index (χ0n) is 4.26. The van der Waals surface area contributed by atoms with E-state index in [4.69, 9.17) is 0 Å². The first-order valence-corrected chi connectivity index (χ1v) is 2.20. The molecule has 0 aromatic heterocycles. The van der Waals surface area contributed by atoms with Gasteiger partial charge in [-0.25, -0.2) is 0 Å². The quantitative estimate of drug-likeness (QED) is 0.481. The molecule has 0 aliphatic rings. The summed E-state index contributed by atoms with van der Waals surface area (Å²) in [4.78, 5) is 19.4. The minimum Gasteiger partial charge on any atom is -0.303 e. The lowest BCUT2D eigenvalue weighted by molar-refractivity contribution is -0.115. The van der Waals surface area contributed by atoms with Crippen molar-refractivity contribution in [3.8, 4) is 0 Å². The molecule has 1 atom stereocenters. The van der Waals surface area contributed by atoms with Crippen molar-refractivity contribution < 1.29 is 9.59 Å². The third-order valence-electron chi connectivity index (χ3n) is 0.700.